The number of aliphatic carboxylic acids is 1. The minimum absolute atomic E-state index is 0.0173. The molecular formula is C11H11N3O5S. The van der Waals surface area contributed by atoms with Gasteiger partial charge in [-0.25, -0.2) is 13.2 Å². The van der Waals surface area contributed by atoms with E-state index < -0.39 is 22.6 Å². The number of carboxylic acid groups (broad SMARTS) is 1. The Morgan fingerprint density at radius 3 is 2.60 bits per heavy atom. The summed E-state index contributed by atoms with van der Waals surface area (Å²) in [5, 5.41) is 14.4. The summed E-state index contributed by atoms with van der Waals surface area (Å²) in [6, 6.07) is 5.87. The van der Waals surface area contributed by atoms with E-state index in [4.69, 9.17) is 9.84 Å². The summed E-state index contributed by atoms with van der Waals surface area (Å²) >= 11 is 0. The molecule has 9 heteroatoms. The standard InChI is InChI=1S/C11H11N3O5S/c15-11(16)7-19-9-3-1-8(2-4-9)14-20(17,18)10-5-12-13-6-10/h1-6,14H,7H2,(H,12,13)(H,15,16). The number of H-pyrrole nitrogens is 1. The molecule has 0 aliphatic rings. The van der Waals surface area contributed by atoms with Gasteiger partial charge in [-0.05, 0) is 24.3 Å². The lowest BCUT2D eigenvalue weighted by Gasteiger charge is -2.07. The van der Waals surface area contributed by atoms with Gasteiger partial charge in [0.15, 0.2) is 6.61 Å². The summed E-state index contributed by atoms with van der Waals surface area (Å²) in [5.74, 6) is -0.756. The zero-order valence-corrected chi connectivity index (χ0v) is 10.9. The lowest BCUT2D eigenvalue weighted by molar-refractivity contribution is -0.139. The number of hydrogen-bond donors (Lipinski definition) is 3. The van der Waals surface area contributed by atoms with Crippen molar-refractivity contribution in [3.63, 3.8) is 0 Å². The molecule has 0 aliphatic heterocycles. The summed E-state index contributed by atoms with van der Waals surface area (Å²) in [6.07, 6.45) is 2.44. The van der Waals surface area contributed by atoms with Gasteiger partial charge in [-0.2, -0.15) is 5.10 Å². The minimum Gasteiger partial charge on any atom is -0.482 e. The van der Waals surface area contributed by atoms with Gasteiger partial charge in [-0.15, -0.1) is 0 Å². The van der Waals surface area contributed by atoms with Crippen LogP contribution in [-0.4, -0.2) is 36.3 Å². The second-order valence-electron chi connectivity index (χ2n) is 3.75. The predicted octanol–water partition coefficient (Wildman–Crippen LogP) is 0.674. The van der Waals surface area contributed by atoms with Crippen LogP contribution in [0.5, 0.6) is 5.75 Å². The van der Waals surface area contributed by atoms with E-state index in [2.05, 4.69) is 14.9 Å². The maximum absolute atomic E-state index is 11.9. The van der Waals surface area contributed by atoms with Crippen molar-refractivity contribution in [2.45, 2.75) is 4.90 Å². The van der Waals surface area contributed by atoms with Crippen LogP contribution < -0.4 is 9.46 Å². The van der Waals surface area contributed by atoms with Crippen LogP contribution >= 0.6 is 0 Å². The topological polar surface area (TPSA) is 121 Å². The summed E-state index contributed by atoms with van der Waals surface area (Å²) in [4.78, 5) is 10.4. The molecule has 0 unspecified atom stereocenters. The number of anilines is 1. The first-order valence-corrected chi connectivity index (χ1v) is 6.92. The van der Waals surface area contributed by atoms with E-state index in [0.717, 1.165) is 0 Å². The van der Waals surface area contributed by atoms with Gasteiger partial charge in [0.05, 0.1) is 6.20 Å². The highest BCUT2D eigenvalue weighted by atomic mass is 32.2. The van der Waals surface area contributed by atoms with Crippen LogP contribution in [0.15, 0.2) is 41.6 Å². The van der Waals surface area contributed by atoms with Crippen molar-refractivity contribution in [2.75, 3.05) is 11.3 Å². The van der Waals surface area contributed by atoms with Crippen LogP contribution in [0.25, 0.3) is 0 Å². The molecule has 0 amide bonds. The molecule has 3 N–H and O–H groups in total. The second kappa shape index (κ2) is 5.61. The monoisotopic (exact) mass is 297 g/mol. The average Bonchev–Trinajstić information content (AvgIpc) is 2.92. The Labute approximate surface area is 114 Å². The number of rotatable bonds is 6. The van der Waals surface area contributed by atoms with Crippen molar-refractivity contribution in [3.05, 3.63) is 36.7 Å². The maximum atomic E-state index is 11.9. The molecule has 0 fully saturated rings. The molecule has 0 bridgehead atoms. The van der Waals surface area contributed by atoms with Gasteiger partial charge in [0.2, 0.25) is 0 Å². The molecule has 0 aliphatic carbocycles. The molecule has 2 aromatic rings. The Morgan fingerprint density at radius 1 is 1.35 bits per heavy atom. The number of benzene rings is 1. The van der Waals surface area contributed by atoms with E-state index in [0.29, 0.717) is 11.4 Å². The zero-order chi connectivity index (χ0) is 14.6. The van der Waals surface area contributed by atoms with E-state index in [1.807, 2.05) is 0 Å². The summed E-state index contributed by atoms with van der Waals surface area (Å²) < 4.78 is 31.1. The lowest BCUT2D eigenvalue weighted by Crippen LogP contribution is -2.12. The fraction of sp³-hybridized carbons (Fsp3) is 0.0909. The molecule has 0 saturated heterocycles. The van der Waals surface area contributed by atoms with Crippen LogP contribution in [0.2, 0.25) is 0 Å². The Hall–Kier alpha value is -2.55. The maximum Gasteiger partial charge on any atom is 0.341 e. The molecule has 8 nitrogen and oxygen atoms in total. The summed E-state index contributed by atoms with van der Waals surface area (Å²) in [7, 11) is -3.69. The molecule has 0 saturated carbocycles. The first-order chi connectivity index (χ1) is 9.47. The largest absolute Gasteiger partial charge is 0.482 e. The molecular weight excluding hydrogens is 286 g/mol. The SMILES string of the molecule is O=C(O)COc1ccc(NS(=O)(=O)c2cn[nH]c2)cc1. The van der Waals surface area contributed by atoms with Crippen molar-refractivity contribution in [3.8, 4) is 5.75 Å². The molecule has 106 valence electrons. The smallest absolute Gasteiger partial charge is 0.341 e. The highest BCUT2D eigenvalue weighted by Crippen LogP contribution is 2.18. The lowest BCUT2D eigenvalue weighted by atomic mass is 10.3. The van der Waals surface area contributed by atoms with Crippen LogP contribution in [0.4, 0.5) is 5.69 Å². The molecule has 0 radical (unpaired) electrons. The number of nitrogens with one attached hydrogen (secondary N) is 2. The number of nitrogens with zero attached hydrogens (tertiary/aromatic N) is 1. The summed E-state index contributed by atoms with van der Waals surface area (Å²) in [5.41, 5.74) is 0.328. The third-order valence-electron chi connectivity index (χ3n) is 2.25. The molecule has 0 spiro atoms. The van der Waals surface area contributed by atoms with Crippen LogP contribution in [-0.2, 0) is 14.8 Å². The fourth-order valence-corrected chi connectivity index (χ4v) is 2.33. The highest BCUT2D eigenvalue weighted by molar-refractivity contribution is 7.92. The van der Waals surface area contributed by atoms with E-state index in [1.165, 1.54) is 36.7 Å². The quantitative estimate of drug-likeness (QED) is 0.720. The third-order valence-corrected chi connectivity index (χ3v) is 3.60. The van der Waals surface area contributed by atoms with Crippen LogP contribution in [0, 0.1) is 0 Å². The van der Waals surface area contributed by atoms with Gasteiger partial charge in [-0.3, -0.25) is 9.82 Å². The van der Waals surface area contributed by atoms with E-state index in [1.54, 1.807) is 0 Å². The number of sulfonamides is 1. The molecule has 2 rings (SSSR count). The van der Waals surface area contributed by atoms with Gasteiger partial charge in [0.1, 0.15) is 10.6 Å². The van der Waals surface area contributed by atoms with Crippen LogP contribution in [0.3, 0.4) is 0 Å². The van der Waals surface area contributed by atoms with Gasteiger partial charge < -0.3 is 9.84 Å². The predicted molar refractivity (Wildman–Crippen MR) is 69.0 cm³/mol. The number of aromatic amines is 1. The molecule has 20 heavy (non-hydrogen) atoms. The van der Waals surface area contributed by atoms with Gasteiger partial charge in [-0.1, -0.05) is 0 Å². The molecule has 1 aromatic carbocycles. The van der Waals surface area contributed by atoms with Crippen molar-refractivity contribution in [2.24, 2.45) is 0 Å². The van der Waals surface area contributed by atoms with Crippen molar-refractivity contribution >= 4 is 21.7 Å². The minimum atomic E-state index is -3.69. The van der Waals surface area contributed by atoms with Crippen molar-refractivity contribution in [1.82, 2.24) is 10.2 Å². The Morgan fingerprint density at radius 2 is 2.05 bits per heavy atom. The van der Waals surface area contributed by atoms with Crippen LogP contribution in [0.1, 0.15) is 0 Å². The first-order valence-electron chi connectivity index (χ1n) is 5.43. The number of hydrogen-bond acceptors (Lipinski definition) is 5. The second-order valence-corrected chi connectivity index (χ2v) is 5.43. The van der Waals surface area contributed by atoms with Gasteiger partial charge in [0.25, 0.3) is 10.0 Å². The molecule has 1 aromatic heterocycles. The first kappa shape index (κ1) is 13.9. The normalized spacial score (nSPS) is 11.0. The summed E-state index contributed by atoms with van der Waals surface area (Å²) in [6.45, 7) is -0.458. The third kappa shape index (κ3) is 3.48. The van der Waals surface area contributed by atoms with Gasteiger partial charge in [0, 0.05) is 11.9 Å². The van der Waals surface area contributed by atoms with E-state index in [-0.39, 0.29) is 4.90 Å². The van der Waals surface area contributed by atoms with E-state index in [9.17, 15) is 13.2 Å². The number of carbonyl (C=O) groups is 1. The number of aromatic nitrogens is 2. The van der Waals surface area contributed by atoms with Crippen molar-refractivity contribution < 1.29 is 23.1 Å². The highest BCUT2D eigenvalue weighted by Gasteiger charge is 2.15. The molecule has 0 atom stereocenters. The fourth-order valence-electron chi connectivity index (χ4n) is 1.36. The van der Waals surface area contributed by atoms with E-state index >= 15 is 0 Å². The average molecular weight is 297 g/mol. The van der Waals surface area contributed by atoms with Gasteiger partial charge >= 0.3 is 5.97 Å². The number of ether oxygens (including phenoxy) is 1. The van der Waals surface area contributed by atoms with Crippen molar-refractivity contribution in [1.29, 1.82) is 0 Å². The Kier molecular flexibility index (Phi) is 3.89. The number of carboxylic acids is 1. The Balaban J connectivity index is 2.06. The molecule has 1 heterocycles. The Bertz CT molecular complexity index is 679. The zero-order valence-electron chi connectivity index (χ0n) is 10.1.